The van der Waals surface area contributed by atoms with Crippen molar-refractivity contribution in [2.45, 2.75) is 46.0 Å². The van der Waals surface area contributed by atoms with Gasteiger partial charge in [0.25, 0.3) is 0 Å². The number of ether oxygens (including phenoxy) is 2. The molecule has 2 aromatic carbocycles. The zero-order valence-electron chi connectivity index (χ0n) is 18.1. The Labute approximate surface area is 176 Å². The number of hydrogen-bond donors (Lipinski definition) is 1. The lowest BCUT2D eigenvalue weighted by Crippen LogP contribution is -2.04. The molecular weight excluding hydrogens is 378 g/mol. The summed E-state index contributed by atoms with van der Waals surface area (Å²) >= 11 is 0. The van der Waals surface area contributed by atoms with Gasteiger partial charge in [0.2, 0.25) is 0 Å². The SMILES string of the molecule is CC/C(=C\CC=N)COc1cc2oc(=O)c3cc(C(C)CC)ccc3c2cc1OC. The summed E-state index contributed by atoms with van der Waals surface area (Å²) in [6, 6.07) is 9.60. The predicted octanol–water partition coefficient (Wildman–Crippen LogP) is 6.22. The van der Waals surface area contributed by atoms with Gasteiger partial charge in [-0.2, -0.15) is 0 Å². The largest absolute Gasteiger partial charge is 0.493 e. The van der Waals surface area contributed by atoms with E-state index in [0.717, 1.165) is 34.8 Å². The second-order valence-corrected chi connectivity index (χ2v) is 7.45. The summed E-state index contributed by atoms with van der Waals surface area (Å²) < 4.78 is 17.2. The zero-order chi connectivity index (χ0) is 21.7. The highest BCUT2D eigenvalue weighted by atomic mass is 16.5. The first-order chi connectivity index (χ1) is 14.5. The van der Waals surface area contributed by atoms with Crippen molar-refractivity contribution in [2.75, 3.05) is 13.7 Å². The van der Waals surface area contributed by atoms with E-state index in [4.69, 9.17) is 19.3 Å². The van der Waals surface area contributed by atoms with Gasteiger partial charge in [-0.05, 0) is 48.2 Å². The molecule has 0 saturated heterocycles. The third-order valence-electron chi connectivity index (χ3n) is 5.60. The van der Waals surface area contributed by atoms with Crippen LogP contribution in [0.15, 0.2) is 51.2 Å². The minimum Gasteiger partial charge on any atom is -0.493 e. The molecule has 0 radical (unpaired) electrons. The molecule has 3 aromatic rings. The Morgan fingerprint density at radius 1 is 1.13 bits per heavy atom. The Bertz CT molecular complexity index is 1140. The van der Waals surface area contributed by atoms with Gasteiger partial charge in [0.1, 0.15) is 12.2 Å². The summed E-state index contributed by atoms with van der Waals surface area (Å²) in [5.41, 5.74) is 2.35. The summed E-state index contributed by atoms with van der Waals surface area (Å²) in [5.74, 6) is 1.49. The smallest absolute Gasteiger partial charge is 0.344 e. The fourth-order valence-electron chi connectivity index (χ4n) is 3.47. The first-order valence-electron chi connectivity index (χ1n) is 10.4. The number of allylic oxidation sites excluding steroid dienone is 1. The molecule has 1 unspecified atom stereocenters. The molecule has 0 aliphatic carbocycles. The molecule has 1 atom stereocenters. The molecule has 0 spiro atoms. The highest BCUT2D eigenvalue weighted by Gasteiger charge is 2.15. The van der Waals surface area contributed by atoms with Crippen molar-refractivity contribution in [1.82, 2.24) is 0 Å². The molecule has 30 heavy (non-hydrogen) atoms. The summed E-state index contributed by atoms with van der Waals surface area (Å²) in [4.78, 5) is 12.7. The molecular formula is C25H29NO4. The highest BCUT2D eigenvalue weighted by molar-refractivity contribution is 6.05. The van der Waals surface area contributed by atoms with Crippen LogP contribution < -0.4 is 15.1 Å². The number of hydrogen-bond acceptors (Lipinski definition) is 5. The minimum atomic E-state index is -0.348. The fourth-order valence-corrected chi connectivity index (χ4v) is 3.47. The topological polar surface area (TPSA) is 72.5 Å². The van der Waals surface area contributed by atoms with Crippen molar-refractivity contribution >= 4 is 28.0 Å². The molecule has 0 fully saturated rings. The summed E-state index contributed by atoms with van der Waals surface area (Å²) in [7, 11) is 1.60. The van der Waals surface area contributed by atoms with Crippen LogP contribution in [0.1, 0.15) is 51.5 Å². The maximum absolute atomic E-state index is 12.7. The van der Waals surface area contributed by atoms with E-state index in [9.17, 15) is 4.79 Å². The second-order valence-electron chi connectivity index (χ2n) is 7.45. The number of nitrogens with one attached hydrogen (secondary N) is 1. The Balaban J connectivity index is 2.07. The molecule has 0 aliphatic rings. The normalized spacial score (nSPS) is 12.9. The molecule has 0 amide bonds. The lowest BCUT2D eigenvalue weighted by Gasteiger charge is -2.14. The third-order valence-corrected chi connectivity index (χ3v) is 5.60. The van der Waals surface area contributed by atoms with Gasteiger partial charge in [0.15, 0.2) is 11.5 Å². The molecule has 0 bridgehead atoms. The van der Waals surface area contributed by atoms with Crippen LogP contribution >= 0.6 is 0 Å². The van der Waals surface area contributed by atoms with E-state index in [0.29, 0.717) is 41.4 Å². The number of rotatable bonds is 9. The van der Waals surface area contributed by atoms with Crippen molar-refractivity contribution in [3.05, 3.63) is 58.0 Å². The molecule has 158 valence electrons. The van der Waals surface area contributed by atoms with Crippen LogP contribution in [0.2, 0.25) is 0 Å². The van der Waals surface area contributed by atoms with Gasteiger partial charge in [0, 0.05) is 23.3 Å². The zero-order valence-corrected chi connectivity index (χ0v) is 18.1. The quantitative estimate of drug-likeness (QED) is 0.198. The van der Waals surface area contributed by atoms with E-state index in [1.165, 1.54) is 6.21 Å². The molecule has 1 N–H and O–H groups in total. The predicted molar refractivity (Wildman–Crippen MR) is 123 cm³/mol. The first-order valence-corrected chi connectivity index (χ1v) is 10.4. The Kier molecular flexibility index (Phi) is 6.93. The van der Waals surface area contributed by atoms with Crippen LogP contribution in [0.5, 0.6) is 11.5 Å². The fraction of sp³-hybridized carbons (Fsp3) is 0.360. The minimum absolute atomic E-state index is 0.348. The van der Waals surface area contributed by atoms with Gasteiger partial charge in [-0.15, -0.1) is 0 Å². The van der Waals surface area contributed by atoms with E-state index in [1.54, 1.807) is 13.2 Å². The molecule has 5 nitrogen and oxygen atoms in total. The van der Waals surface area contributed by atoms with Crippen LogP contribution in [0.4, 0.5) is 0 Å². The summed E-state index contributed by atoms with van der Waals surface area (Å²) in [6.45, 7) is 6.73. The Hall–Kier alpha value is -3.08. The number of benzene rings is 2. The van der Waals surface area contributed by atoms with E-state index >= 15 is 0 Å². The van der Waals surface area contributed by atoms with Gasteiger partial charge < -0.3 is 19.3 Å². The average Bonchev–Trinajstić information content (AvgIpc) is 2.78. The molecule has 0 aliphatic heterocycles. The van der Waals surface area contributed by atoms with Crippen LogP contribution in [0, 0.1) is 5.41 Å². The molecule has 1 aromatic heterocycles. The van der Waals surface area contributed by atoms with Gasteiger partial charge in [-0.25, -0.2) is 4.79 Å². The van der Waals surface area contributed by atoms with Crippen molar-refractivity contribution < 1.29 is 13.9 Å². The van der Waals surface area contributed by atoms with Crippen molar-refractivity contribution in [3.63, 3.8) is 0 Å². The van der Waals surface area contributed by atoms with Crippen LogP contribution in [0.3, 0.4) is 0 Å². The van der Waals surface area contributed by atoms with Crippen LogP contribution in [0.25, 0.3) is 21.7 Å². The lowest BCUT2D eigenvalue weighted by molar-refractivity contribution is 0.317. The molecule has 5 heteroatoms. The third kappa shape index (κ3) is 4.40. The van der Waals surface area contributed by atoms with Crippen molar-refractivity contribution in [3.8, 4) is 11.5 Å². The van der Waals surface area contributed by atoms with Gasteiger partial charge >= 0.3 is 5.63 Å². The van der Waals surface area contributed by atoms with E-state index in [-0.39, 0.29) is 5.63 Å². The molecule has 3 rings (SSSR count). The maximum Gasteiger partial charge on any atom is 0.344 e. The standard InChI is InChI=1S/C25H29NO4/c1-5-16(3)18-9-10-19-20-13-23(28-4)24(29-15-17(6-2)8-7-11-26)14-22(20)30-25(27)21(19)12-18/h8-14,16,26H,5-7,15H2,1-4H3/b17-8+,26-11?. The van der Waals surface area contributed by atoms with Gasteiger partial charge in [-0.1, -0.05) is 39.0 Å². The van der Waals surface area contributed by atoms with Crippen LogP contribution in [-0.2, 0) is 0 Å². The Morgan fingerprint density at radius 3 is 2.60 bits per heavy atom. The van der Waals surface area contributed by atoms with E-state index in [2.05, 4.69) is 26.8 Å². The van der Waals surface area contributed by atoms with E-state index < -0.39 is 0 Å². The van der Waals surface area contributed by atoms with Crippen molar-refractivity contribution in [2.24, 2.45) is 0 Å². The summed E-state index contributed by atoms with van der Waals surface area (Å²) in [5, 5.41) is 9.43. The van der Waals surface area contributed by atoms with E-state index in [1.807, 2.05) is 24.3 Å². The maximum atomic E-state index is 12.7. The van der Waals surface area contributed by atoms with Gasteiger partial charge in [0.05, 0.1) is 12.5 Å². The number of fused-ring (bicyclic) bond motifs is 3. The van der Waals surface area contributed by atoms with Crippen LogP contribution in [-0.4, -0.2) is 19.9 Å². The average molecular weight is 408 g/mol. The lowest BCUT2D eigenvalue weighted by atomic mass is 9.95. The number of methoxy groups -OCH3 is 1. The van der Waals surface area contributed by atoms with Crippen molar-refractivity contribution in [1.29, 1.82) is 5.41 Å². The highest BCUT2D eigenvalue weighted by Crippen LogP contribution is 2.36. The van der Waals surface area contributed by atoms with Gasteiger partial charge in [-0.3, -0.25) is 0 Å². The second kappa shape index (κ2) is 9.61. The molecule has 0 saturated carbocycles. The first kappa shape index (κ1) is 21.6. The summed E-state index contributed by atoms with van der Waals surface area (Å²) in [6.07, 6.45) is 5.78. The monoisotopic (exact) mass is 407 g/mol. The Morgan fingerprint density at radius 2 is 1.93 bits per heavy atom. The molecule has 1 heterocycles.